The van der Waals surface area contributed by atoms with Crippen LogP contribution in [-0.4, -0.2) is 57.7 Å². The standard InChI is InChI=1S/C24H28N4O6S3/c1-35(29,30)20-9-11-24(36(25,31)32)22(17-20)21-10-8-18(28-14-5-12-26-13-15-28)16-23(21)27-37(33,34)19-6-3-2-4-7-19/h2-4,6-11,16-17,26-27H,5,12-15H2,1H3,(H2,25,31,32). The first-order valence-corrected chi connectivity index (χ1v) is 16.3. The summed E-state index contributed by atoms with van der Waals surface area (Å²) in [6.07, 6.45) is 1.89. The predicted molar refractivity (Wildman–Crippen MR) is 143 cm³/mol. The summed E-state index contributed by atoms with van der Waals surface area (Å²) >= 11 is 0. The van der Waals surface area contributed by atoms with Crippen molar-refractivity contribution in [2.75, 3.05) is 42.1 Å². The quantitative estimate of drug-likeness (QED) is 0.394. The highest BCUT2D eigenvalue weighted by Crippen LogP contribution is 2.38. The first-order chi connectivity index (χ1) is 17.4. The smallest absolute Gasteiger partial charge is 0.261 e. The number of sulfonamides is 2. The number of hydrogen-bond acceptors (Lipinski definition) is 8. The van der Waals surface area contributed by atoms with Crippen LogP contribution in [-0.2, 0) is 29.9 Å². The first-order valence-electron chi connectivity index (χ1n) is 11.4. The lowest BCUT2D eigenvalue weighted by Crippen LogP contribution is -2.28. The highest BCUT2D eigenvalue weighted by molar-refractivity contribution is 7.92. The molecule has 37 heavy (non-hydrogen) atoms. The average Bonchev–Trinajstić information content (AvgIpc) is 3.13. The van der Waals surface area contributed by atoms with Crippen molar-refractivity contribution in [1.82, 2.24) is 5.32 Å². The zero-order valence-electron chi connectivity index (χ0n) is 20.1. The number of primary sulfonamides is 1. The minimum atomic E-state index is -4.28. The zero-order valence-corrected chi connectivity index (χ0v) is 22.5. The van der Waals surface area contributed by atoms with E-state index in [1.807, 2.05) is 0 Å². The first kappa shape index (κ1) is 27.1. The van der Waals surface area contributed by atoms with Gasteiger partial charge in [-0.15, -0.1) is 0 Å². The second-order valence-electron chi connectivity index (χ2n) is 8.71. The Morgan fingerprint density at radius 3 is 2.22 bits per heavy atom. The third-order valence-electron chi connectivity index (χ3n) is 5.98. The molecule has 13 heteroatoms. The Labute approximate surface area is 217 Å². The minimum absolute atomic E-state index is 0.0156. The van der Waals surface area contributed by atoms with E-state index in [9.17, 15) is 25.3 Å². The van der Waals surface area contributed by atoms with Gasteiger partial charge >= 0.3 is 0 Å². The maximum atomic E-state index is 13.3. The molecule has 3 aromatic carbocycles. The molecule has 0 spiro atoms. The summed E-state index contributed by atoms with van der Waals surface area (Å²) < 4.78 is 78.5. The molecule has 0 aliphatic carbocycles. The summed E-state index contributed by atoms with van der Waals surface area (Å²) in [7, 11) is -12.1. The molecule has 1 fully saturated rings. The summed E-state index contributed by atoms with van der Waals surface area (Å²) in [6, 6.07) is 16.2. The molecule has 1 heterocycles. The second kappa shape index (κ2) is 10.4. The molecule has 4 N–H and O–H groups in total. The van der Waals surface area contributed by atoms with Gasteiger partial charge in [-0.25, -0.2) is 30.4 Å². The van der Waals surface area contributed by atoms with Gasteiger partial charge in [0, 0.05) is 42.7 Å². The molecule has 3 aromatic rings. The van der Waals surface area contributed by atoms with Crippen molar-refractivity contribution >= 4 is 41.3 Å². The lowest BCUT2D eigenvalue weighted by atomic mass is 10.0. The van der Waals surface area contributed by atoms with Crippen LogP contribution < -0.4 is 20.1 Å². The molecule has 1 aliphatic heterocycles. The molecule has 0 radical (unpaired) electrons. The fourth-order valence-corrected chi connectivity index (χ4v) is 6.63. The lowest BCUT2D eigenvalue weighted by molar-refractivity contribution is 0.595. The van der Waals surface area contributed by atoms with Crippen molar-refractivity contribution < 1.29 is 25.3 Å². The van der Waals surface area contributed by atoms with Crippen molar-refractivity contribution in [3.8, 4) is 11.1 Å². The van der Waals surface area contributed by atoms with Crippen LogP contribution in [0.1, 0.15) is 6.42 Å². The molecule has 198 valence electrons. The monoisotopic (exact) mass is 564 g/mol. The molecule has 4 rings (SSSR count). The summed E-state index contributed by atoms with van der Waals surface area (Å²) in [6.45, 7) is 3.04. The van der Waals surface area contributed by atoms with Crippen LogP contribution in [0.4, 0.5) is 11.4 Å². The SMILES string of the molecule is CS(=O)(=O)c1ccc(S(N)(=O)=O)c(-c2ccc(N3CCCNCC3)cc2NS(=O)(=O)c2ccccc2)c1. The minimum Gasteiger partial charge on any atom is -0.370 e. The third-order valence-corrected chi connectivity index (χ3v) is 9.44. The van der Waals surface area contributed by atoms with Gasteiger partial charge in [-0.2, -0.15) is 0 Å². The number of rotatable bonds is 7. The normalized spacial score (nSPS) is 15.2. The van der Waals surface area contributed by atoms with Gasteiger partial charge in [0.1, 0.15) is 0 Å². The predicted octanol–water partition coefficient (Wildman–Crippen LogP) is 2.01. The van der Waals surface area contributed by atoms with E-state index >= 15 is 0 Å². The van der Waals surface area contributed by atoms with Gasteiger partial charge in [0.25, 0.3) is 10.0 Å². The van der Waals surface area contributed by atoms with Crippen molar-refractivity contribution in [1.29, 1.82) is 0 Å². The van der Waals surface area contributed by atoms with Crippen molar-refractivity contribution in [3.63, 3.8) is 0 Å². The fourth-order valence-electron chi connectivity index (χ4n) is 4.15. The molecule has 0 saturated carbocycles. The number of benzene rings is 3. The Hall–Kier alpha value is -2.97. The Bertz CT molecular complexity index is 1620. The Morgan fingerprint density at radius 1 is 0.811 bits per heavy atom. The molecule has 0 aromatic heterocycles. The number of anilines is 2. The Balaban J connectivity index is 1.94. The van der Waals surface area contributed by atoms with E-state index in [-0.39, 0.29) is 31.5 Å². The number of hydrogen-bond donors (Lipinski definition) is 3. The van der Waals surface area contributed by atoms with Crippen LogP contribution in [0.3, 0.4) is 0 Å². The van der Waals surface area contributed by atoms with Gasteiger partial charge < -0.3 is 10.2 Å². The van der Waals surface area contributed by atoms with Gasteiger partial charge in [0.15, 0.2) is 9.84 Å². The van der Waals surface area contributed by atoms with E-state index in [0.717, 1.165) is 50.1 Å². The zero-order chi connectivity index (χ0) is 26.8. The molecule has 0 atom stereocenters. The molecule has 1 saturated heterocycles. The van der Waals surface area contributed by atoms with E-state index in [1.54, 1.807) is 36.4 Å². The van der Waals surface area contributed by atoms with Crippen LogP contribution in [0.15, 0.2) is 81.4 Å². The van der Waals surface area contributed by atoms with Crippen LogP contribution in [0.25, 0.3) is 11.1 Å². The lowest BCUT2D eigenvalue weighted by Gasteiger charge is -2.24. The maximum absolute atomic E-state index is 13.3. The number of nitrogens with zero attached hydrogens (tertiary/aromatic N) is 1. The molecule has 0 unspecified atom stereocenters. The molecular weight excluding hydrogens is 536 g/mol. The molecule has 0 bridgehead atoms. The van der Waals surface area contributed by atoms with E-state index in [0.29, 0.717) is 6.54 Å². The molecule has 0 amide bonds. The Kier molecular flexibility index (Phi) is 7.62. The summed E-state index contributed by atoms with van der Waals surface area (Å²) in [4.78, 5) is 1.65. The largest absolute Gasteiger partial charge is 0.370 e. The molecular formula is C24H28N4O6S3. The summed E-state index contributed by atoms with van der Waals surface area (Å²) in [5.41, 5.74) is 0.967. The van der Waals surface area contributed by atoms with Gasteiger partial charge in [0.2, 0.25) is 10.0 Å². The van der Waals surface area contributed by atoms with Crippen molar-refractivity contribution in [2.24, 2.45) is 5.14 Å². The number of nitrogens with two attached hydrogens (primary N) is 1. The fraction of sp³-hybridized carbons (Fsp3) is 0.250. The van der Waals surface area contributed by atoms with Crippen LogP contribution in [0.2, 0.25) is 0 Å². The van der Waals surface area contributed by atoms with E-state index in [1.165, 1.54) is 18.2 Å². The van der Waals surface area contributed by atoms with Gasteiger partial charge in [-0.1, -0.05) is 24.3 Å². The van der Waals surface area contributed by atoms with Crippen LogP contribution in [0, 0.1) is 0 Å². The summed E-state index contributed by atoms with van der Waals surface area (Å²) in [5.74, 6) is 0. The second-order valence-corrected chi connectivity index (χ2v) is 13.9. The van der Waals surface area contributed by atoms with Crippen molar-refractivity contribution in [3.05, 3.63) is 66.7 Å². The summed E-state index contributed by atoms with van der Waals surface area (Å²) in [5, 5.41) is 8.77. The average molecular weight is 565 g/mol. The highest BCUT2D eigenvalue weighted by atomic mass is 32.2. The molecule has 10 nitrogen and oxygen atoms in total. The van der Waals surface area contributed by atoms with Gasteiger partial charge in [0.05, 0.1) is 20.4 Å². The maximum Gasteiger partial charge on any atom is 0.261 e. The van der Waals surface area contributed by atoms with Crippen molar-refractivity contribution in [2.45, 2.75) is 21.1 Å². The van der Waals surface area contributed by atoms with Crippen LogP contribution in [0.5, 0.6) is 0 Å². The third kappa shape index (κ3) is 6.30. The highest BCUT2D eigenvalue weighted by Gasteiger charge is 2.24. The van der Waals surface area contributed by atoms with E-state index < -0.39 is 29.9 Å². The Morgan fingerprint density at radius 2 is 1.54 bits per heavy atom. The van der Waals surface area contributed by atoms with Gasteiger partial charge in [-0.3, -0.25) is 4.72 Å². The molecule has 1 aliphatic rings. The van der Waals surface area contributed by atoms with E-state index in [2.05, 4.69) is 14.9 Å². The van der Waals surface area contributed by atoms with Gasteiger partial charge in [-0.05, 0) is 55.4 Å². The van der Waals surface area contributed by atoms with Crippen LogP contribution >= 0.6 is 0 Å². The number of sulfone groups is 1. The topological polar surface area (TPSA) is 156 Å². The number of nitrogens with one attached hydrogen (secondary N) is 2. The van der Waals surface area contributed by atoms with E-state index in [4.69, 9.17) is 5.14 Å².